The fourth-order valence-electron chi connectivity index (χ4n) is 4.97. The maximum absolute atomic E-state index is 13.7. The van der Waals surface area contributed by atoms with Gasteiger partial charge in [-0.2, -0.15) is 4.98 Å². The molecule has 1 aliphatic heterocycles. The van der Waals surface area contributed by atoms with E-state index >= 15 is 0 Å². The predicted octanol–water partition coefficient (Wildman–Crippen LogP) is 6.02. The Labute approximate surface area is 228 Å². The van der Waals surface area contributed by atoms with Gasteiger partial charge in [0.15, 0.2) is 5.65 Å². The number of amides is 1. The number of halogens is 4. The van der Waals surface area contributed by atoms with Crippen molar-refractivity contribution in [2.24, 2.45) is 11.1 Å². The van der Waals surface area contributed by atoms with Crippen LogP contribution in [-0.4, -0.2) is 44.4 Å². The molecule has 1 saturated carbocycles. The van der Waals surface area contributed by atoms with Gasteiger partial charge < -0.3 is 21.1 Å². The van der Waals surface area contributed by atoms with Crippen LogP contribution in [-0.2, 0) is 9.53 Å². The molecule has 2 aliphatic rings. The van der Waals surface area contributed by atoms with E-state index in [9.17, 15) is 9.18 Å². The second kappa shape index (κ2) is 10.4. The molecule has 0 unspecified atom stereocenters. The summed E-state index contributed by atoms with van der Waals surface area (Å²) >= 11 is 19.0. The number of hydrogen-bond acceptors (Lipinski definition) is 7. The number of hydrogen-bond donors (Lipinski definition) is 3. The zero-order valence-corrected chi connectivity index (χ0v) is 22.4. The SMILES string of the molecule is CC1(C(N)=O)CCC(n2c(Nc3c(Cl)cc(Cl)cc3Cl)nc3cnc(N[C@H]4CCO[C@@H](F)C4)nc32)CC1. The Kier molecular flexibility index (Phi) is 7.37. The molecule has 3 aromatic rings. The summed E-state index contributed by atoms with van der Waals surface area (Å²) in [5, 5.41) is 7.58. The number of carbonyl (C=O) groups is 1. The minimum Gasteiger partial charge on any atom is -0.369 e. The van der Waals surface area contributed by atoms with Crippen LogP contribution in [0.2, 0.25) is 15.1 Å². The Morgan fingerprint density at radius 2 is 1.89 bits per heavy atom. The molecule has 1 aliphatic carbocycles. The molecule has 0 bridgehead atoms. The third-order valence-electron chi connectivity index (χ3n) is 7.26. The number of rotatable bonds is 6. The minimum atomic E-state index is -1.31. The number of alkyl halides is 1. The van der Waals surface area contributed by atoms with E-state index in [0.717, 1.165) is 0 Å². The third-order valence-corrected chi connectivity index (χ3v) is 8.08. The van der Waals surface area contributed by atoms with Gasteiger partial charge in [0.05, 0.1) is 28.5 Å². The molecule has 1 aromatic carbocycles. The first-order valence-electron chi connectivity index (χ1n) is 12.1. The maximum Gasteiger partial charge on any atom is 0.224 e. The molecule has 9 nitrogen and oxygen atoms in total. The first-order valence-corrected chi connectivity index (χ1v) is 13.2. The lowest BCUT2D eigenvalue weighted by Gasteiger charge is -2.35. The highest BCUT2D eigenvalue weighted by molar-refractivity contribution is 6.41. The lowest BCUT2D eigenvalue weighted by Crippen LogP contribution is -2.38. The topological polar surface area (TPSA) is 120 Å². The van der Waals surface area contributed by atoms with Gasteiger partial charge in [-0.15, -0.1) is 0 Å². The van der Waals surface area contributed by atoms with Crippen molar-refractivity contribution in [2.75, 3.05) is 17.2 Å². The van der Waals surface area contributed by atoms with Crippen molar-refractivity contribution in [3.05, 3.63) is 33.4 Å². The van der Waals surface area contributed by atoms with Gasteiger partial charge in [0, 0.05) is 28.9 Å². The lowest BCUT2D eigenvalue weighted by atomic mass is 9.73. The fourth-order valence-corrected chi connectivity index (χ4v) is 5.89. The van der Waals surface area contributed by atoms with Gasteiger partial charge >= 0.3 is 0 Å². The molecule has 1 amide bonds. The van der Waals surface area contributed by atoms with Crippen LogP contribution in [0.3, 0.4) is 0 Å². The summed E-state index contributed by atoms with van der Waals surface area (Å²) in [4.78, 5) is 25.9. The minimum absolute atomic E-state index is 0.0224. The molecule has 198 valence electrons. The molecule has 2 atom stereocenters. The number of imidazole rings is 1. The molecule has 2 fully saturated rings. The van der Waals surface area contributed by atoms with Gasteiger partial charge in [0.25, 0.3) is 0 Å². The molecule has 2 aromatic heterocycles. The van der Waals surface area contributed by atoms with Gasteiger partial charge in [-0.1, -0.05) is 41.7 Å². The summed E-state index contributed by atoms with van der Waals surface area (Å²) in [6, 6.07) is 3.02. The Bertz CT molecular complexity index is 1310. The predicted molar refractivity (Wildman–Crippen MR) is 142 cm³/mol. The van der Waals surface area contributed by atoms with E-state index in [1.165, 1.54) is 0 Å². The number of anilines is 3. The summed E-state index contributed by atoms with van der Waals surface area (Å²) in [7, 11) is 0. The molecule has 0 radical (unpaired) electrons. The number of fused-ring (bicyclic) bond motifs is 1. The van der Waals surface area contributed by atoms with Crippen LogP contribution in [0.15, 0.2) is 18.3 Å². The van der Waals surface area contributed by atoms with E-state index in [0.29, 0.717) is 82.5 Å². The Morgan fingerprint density at radius 3 is 2.54 bits per heavy atom. The van der Waals surface area contributed by atoms with E-state index in [1.54, 1.807) is 18.3 Å². The zero-order chi connectivity index (χ0) is 26.3. The van der Waals surface area contributed by atoms with E-state index in [2.05, 4.69) is 15.6 Å². The average Bonchev–Trinajstić information content (AvgIpc) is 3.19. The normalized spacial score (nSPS) is 26.2. The van der Waals surface area contributed by atoms with Crippen molar-refractivity contribution in [1.29, 1.82) is 0 Å². The molecular weight excluding hydrogens is 544 g/mol. The van der Waals surface area contributed by atoms with Crippen molar-refractivity contribution in [1.82, 2.24) is 19.5 Å². The van der Waals surface area contributed by atoms with Crippen LogP contribution in [0, 0.1) is 5.41 Å². The van der Waals surface area contributed by atoms with Crippen LogP contribution in [0.25, 0.3) is 11.2 Å². The number of nitrogens with zero attached hydrogens (tertiary/aromatic N) is 4. The first kappa shape index (κ1) is 26.2. The van der Waals surface area contributed by atoms with E-state index in [-0.39, 0.29) is 24.4 Å². The summed E-state index contributed by atoms with van der Waals surface area (Å²) in [5.74, 6) is 0.561. The van der Waals surface area contributed by atoms with E-state index < -0.39 is 11.8 Å². The second-order valence-corrected chi connectivity index (χ2v) is 11.1. The van der Waals surface area contributed by atoms with Crippen molar-refractivity contribution in [2.45, 2.75) is 63.9 Å². The van der Waals surface area contributed by atoms with Crippen molar-refractivity contribution < 1.29 is 13.9 Å². The van der Waals surface area contributed by atoms with Crippen molar-refractivity contribution in [3.63, 3.8) is 0 Å². The number of nitrogens with one attached hydrogen (secondary N) is 2. The van der Waals surface area contributed by atoms with E-state index in [4.69, 9.17) is 55.2 Å². The van der Waals surface area contributed by atoms with Crippen LogP contribution in [0.4, 0.5) is 22.0 Å². The van der Waals surface area contributed by atoms with Gasteiger partial charge in [-0.25, -0.2) is 14.4 Å². The molecule has 37 heavy (non-hydrogen) atoms. The molecule has 4 N–H and O–H groups in total. The number of nitrogens with two attached hydrogens (primary N) is 1. The Morgan fingerprint density at radius 1 is 1.19 bits per heavy atom. The molecule has 13 heteroatoms. The van der Waals surface area contributed by atoms with Crippen molar-refractivity contribution in [3.8, 4) is 0 Å². The summed E-state index contributed by atoms with van der Waals surface area (Å²) in [5.41, 5.74) is 6.74. The third kappa shape index (κ3) is 5.43. The van der Waals surface area contributed by atoms with Crippen molar-refractivity contribution >= 4 is 69.5 Å². The number of ether oxygens (including phenoxy) is 1. The summed E-state index contributed by atoms with van der Waals surface area (Å²) < 4.78 is 20.7. The summed E-state index contributed by atoms with van der Waals surface area (Å²) in [6.45, 7) is 2.23. The van der Waals surface area contributed by atoms with Gasteiger partial charge in [-0.3, -0.25) is 9.36 Å². The van der Waals surface area contributed by atoms with Crippen LogP contribution >= 0.6 is 34.8 Å². The molecule has 3 heterocycles. The maximum atomic E-state index is 13.7. The number of carbonyl (C=O) groups excluding carboxylic acids is 1. The highest BCUT2D eigenvalue weighted by Crippen LogP contribution is 2.44. The summed E-state index contributed by atoms with van der Waals surface area (Å²) in [6.07, 6.45) is 3.82. The zero-order valence-electron chi connectivity index (χ0n) is 20.1. The highest BCUT2D eigenvalue weighted by atomic mass is 35.5. The average molecular weight is 571 g/mol. The van der Waals surface area contributed by atoms with Crippen LogP contribution in [0.1, 0.15) is 51.5 Å². The molecule has 1 saturated heterocycles. The van der Waals surface area contributed by atoms with E-state index in [1.807, 2.05) is 11.5 Å². The Hall–Kier alpha value is -2.40. The lowest BCUT2D eigenvalue weighted by molar-refractivity contribution is -0.128. The fraction of sp³-hybridized carbons (Fsp3) is 0.500. The van der Waals surface area contributed by atoms with Crippen LogP contribution < -0.4 is 16.4 Å². The molecule has 0 spiro atoms. The number of primary amides is 1. The largest absolute Gasteiger partial charge is 0.369 e. The number of aromatic nitrogens is 4. The van der Waals surface area contributed by atoms with Crippen LogP contribution in [0.5, 0.6) is 0 Å². The standard InChI is InChI=1S/C24H27Cl3FN7O2/c1-24(21(29)36)5-2-14(3-6-24)35-20-17(11-30-22(34-20)31-13-4-7-37-18(28)10-13)32-23(35)33-19-15(26)8-12(25)9-16(19)27/h8-9,11,13-14,18H,2-7,10H2,1H3,(H2,29,36)(H,32,33)(H,30,31,34)/t13-,14?,18+,24?/m0/s1. The number of benzene rings is 1. The smallest absolute Gasteiger partial charge is 0.224 e. The quantitative estimate of drug-likeness (QED) is 0.331. The monoisotopic (exact) mass is 569 g/mol. The van der Waals surface area contributed by atoms with Gasteiger partial charge in [-0.05, 0) is 44.2 Å². The second-order valence-electron chi connectivity index (χ2n) is 9.88. The van der Waals surface area contributed by atoms with Gasteiger partial charge in [0.1, 0.15) is 5.52 Å². The highest BCUT2D eigenvalue weighted by Gasteiger charge is 2.38. The molecular formula is C24H27Cl3FN7O2. The van der Waals surface area contributed by atoms with Gasteiger partial charge in [0.2, 0.25) is 24.2 Å². The molecule has 5 rings (SSSR count). The first-order chi connectivity index (χ1) is 17.6. The Balaban J connectivity index is 1.52.